The van der Waals surface area contributed by atoms with E-state index in [4.69, 9.17) is 0 Å². The molecule has 3 nitrogen and oxygen atoms in total. The SMILES string of the molecule is CCCC12C=CC=CC1C(=O)NC2=O. The standard InChI is InChI=1S/C11H13NO2/c1-2-6-11-7-4-3-5-8(11)9(13)12-10(11)14/h3-5,7-8H,2,6H2,1H3,(H,12,13,14). The first-order chi connectivity index (χ1) is 6.70. The van der Waals surface area contributed by atoms with Gasteiger partial charge in [-0.05, 0) is 6.42 Å². The van der Waals surface area contributed by atoms with Crippen LogP contribution in [-0.4, -0.2) is 11.8 Å². The Bertz CT molecular complexity index is 343. The topological polar surface area (TPSA) is 46.2 Å². The van der Waals surface area contributed by atoms with Crippen LogP contribution in [0.25, 0.3) is 0 Å². The molecule has 1 saturated heterocycles. The summed E-state index contributed by atoms with van der Waals surface area (Å²) in [5.74, 6) is -0.598. The number of imide groups is 1. The van der Waals surface area contributed by atoms with Crippen LogP contribution >= 0.6 is 0 Å². The van der Waals surface area contributed by atoms with Gasteiger partial charge in [0.05, 0.1) is 11.3 Å². The Morgan fingerprint density at radius 3 is 2.93 bits per heavy atom. The highest BCUT2D eigenvalue weighted by Gasteiger charge is 2.52. The van der Waals surface area contributed by atoms with Crippen LogP contribution in [0.2, 0.25) is 0 Å². The molecule has 1 heterocycles. The molecule has 3 heteroatoms. The fourth-order valence-corrected chi connectivity index (χ4v) is 2.29. The minimum atomic E-state index is -0.597. The zero-order valence-corrected chi connectivity index (χ0v) is 8.12. The summed E-state index contributed by atoms with van der Waals surface area (Å²) >= 11 is 0. The van der Waals surface area contributed by atoms with Crippen LogP contribution in [0.5, 0.6) is 0 Å². The van der Waals surface area contributed by atoms with E-state index < -0.39 is 5.41 Å². The van der Waals surface area contributed by atoms with Crippen molar-refractivity contribution >= 4 is 11.8 Å². The van der Waals surface area contributed by atoms with Gasteiger partial charge in [-0.3, -0.25) is 14.9 Å². The predicted octanol–water partition coefficient (Wildman–Crippen LogP) is 1.17. The van der Waals surface area contributed by atoms with Gasteiger partial charge in [0, 0.05) is 0 Å². The molecule has 2 unspecified atom stereocenters. The molecule has 0 aromatic heterocycles. The highest BCUT2D eigenvalue weighted by atomic mass is 16.2. The molecule has 2 atom stereocenters. The van der Waals surface area contributed by atoms with E-state index in [2.05, 4.69) is 5.32 Å². The van der Waals surface area contributed by atoms with E-state index in [-0.39, 0.29) is 17.7 Å². The van der Waals surface area contributed by atoms with Gasteiger partial charge < -0.3 is 0 Å². The van der Waals surface area contributed by atoms with Crippen molar-refractivity contribution in [3.8, 4) is 0 Å². The highest BCUT2D eigenvalue weighted by molar-refractivity contribution is 6.09. The van der Waals surface area contributed by atoms with Crippen LogP contribution in [0.3, 0.4) is 0 Å². The summed E-state index contributed by atoms with van der Waals surface area (Å²) < 4.78 is 0. The zero-order chi connectivity index (χ0) is 10.2. The monoisotopic (exact) mass is 191 g/mol. The lowest BCUT2D eigenvalue weighted by Gasteiger charge is -2.27. The second kappa shape index (κ2) is 3.08. The summed E-state index contributed by atoms with van der Waals surface area (Å²) in [4.78, 5) is 23.2. The fourth-order valence-electron chi connectivity index (χ4n) is 2.29. The van der Waals surface area contributed by atoms with Gasteiger partial charge in [-0.2, -0.15) is 0 Å². The highest BCUT2D eigenvalue weighted by Crippen LogP contribution is 2.42. The van der Waals surface area contributed by atoms with Gasteiger partial charge >= 0.3 is 0 Å². The van der Waals surface area contributed by atoms with Crippen molar-refractivity contribution in [1.82, 2.24) is 5.32 Å². The molecule has 2 rings (SSSR count). The average Bonchev–Trinajstić information content (AvgIpc) is 2.41. The number of fused-ring (bicyclic) bond motifs is 1. The quantitative estimate of drug-likeness (QED) is 0.666. The molecule has 1 fully saturated rings. The Labute approximate surface area is 82.9 Å². The van der Waals surface area contributed by atoms with Gasteiger partial charge in [-0.25, -0.2) is 0 Å². The second-order valence-corrected chi connectivity index (χ2v) is 3.83. The molecule has 1 aliphatic heterocycles. The third-order valence-corrected chi connectivity index (χ3v) is 2.97. The number of nitrogens with one attached hydrogen (secondary N) is 1. The molecule has 1 N–H and O–H groups in total. The first kappa shape index (κ1) is 9.19. The second-order valence-electron chi connectivity index (χ2n) is 3.83. The van der Waals surface area contributed by atoms with Crippen LogP contribution in [-0.2, 0) is 9.59 Å². The molecule has 0 aromatic carbocycles. The number of amides is 2. The van der Waals surface area contributed by atoms with Gasteiger partial charge in [-0.1, -0.05) is 37.6 Å². The normalized spacial score (nSPS) is 34.5. The van der Waals surface area contributed by atoms with E-state index in [1.807, 2.05) is 31.2 Å². The number of hydrogen-bond donors (Lipinski definition) is 1. The summed E-state index contributed by atoms with van der Waals surface area (Å²) in [6, 6.07) is 0. The maximum atomic E-state index is 11.7. The van der Waals surface area contributed by atoms with Gasteiger partial charge in [-0.15, -0.1) is 0 Å². The molecule has 0 aromatic rings. The predicted molar refractivity (Wildman–Crippen MR) is 52.3 cm³/mol. The Hall–Kier alpha value is -1.38. The zero-order valence-electron chi connectivity index (χ0n) is 8.12. The number of allylic oxidation sites excluding steroid dienone is 2. The van der Waals surface area contributed by atoms with E-state index in [1.54, 1.807) is 0 Å². The molecule has 0 bridgehead atoms. The Morgan fingerprint density at radius 2 is 2.21 bits per heavy atom. The molecule has 0 radical (unpaired) electrons. The van der Waals surface area contributed by atoms with Crippen molar-refractivity contribution in [3.63, 3.8) is 0 Å². The van der Waals surface area contributed by atoms with Gasteiger partial charge in [0.1, 0.15) is 0 Å². The largest absolute Gasteiger partial charge is 0.295 e. The number of rotatable bonds is 2. The minimum absolute atomic E-state index is 0.144. The molecular formula is C11H13NO2. The third kappa shape index (κ3) is 1.05. The van der Waals surface area contributed by atoms with E-state index in [0.29, 0.717) is 0 Å². The van der Waals surface area contributed by atoms with Crippen molar-refractivity contribution in [2.45, 2.75) is 19.8 Å². The van der Waals surface area contributed by atoms with E-state index in [1.165, 1.54) is 0 Å². The average molecular weight is 191 g/mol. The van der Waals surface area contributed by atoms with Crippen molar-refractivity contribution < 1.29 is 9.59 Å². The maximum absolute atomic E-state index is 11.7. The van der Waals surface area contributed by atoms with Crippen molar-refractivity contribution in [2.75, 3.05) is 0 Å². The maximum Gasteiger partial charge on any atom is 0.237 e. The summed E-state index contributed by atoms with van der Waals surface area (Å²) in [7, 11) is 0. The summed E-state index contributed by atoms with van der Waals surface area (Å²) in [5, 5.41) is 2.40. The van der Waals surface area contributed by atoms with Crippen molar-refractivity contribution in [2.24, 2.45) is 11.3 Å². The first-order valence-corrected chi connectivity index (χ1v) is 4.92. The van der Waals surface area contributed by atoms with E-state index in [9.17, 15) is 9.59 Å². The molecule has 14 heavy (non-hydrogen) atoms. The molecule has 1 aliphatic carbocycles. The lowest BCUT2D eigenvalue weighted by atomic mass is 9.71. The smallest absolute Gasteiger partial charge is 0.237 e. The minimum Gasteiger partial charge on any atom is -0.295 e. The first-order valence-electron chi connectivity index (χ1n) is 4.92. The molecule has 0 spiro atoms. The molecule has 0 saturated carbocycles. The summed E-state index contributed by atoms with van der Waals surface area (Å²) in [5.41, 5.74) is -0.597. The Balaban J connectivity index is 2.42. The molecular weight excluding hydrogens is 178 g/mol. The van der Waals surface area contributed by atoms with Crippen LogP contribution in [0.4, 0.5) is 0 Å². The van der Waals surface area contributed by atoms with Gasteiger partial charge in [0.2, 0.25) is 11.8 Å². The molecule has 2 amide bonds. The van der Waals surface area contributed by atoms with Gasteiger partial charge in [0.15, 0.2) is 0 Å². The molecule has 2 aliphatic rings. The lowest BCUT2D eigenvalue weighted by Crippen LogP contribution is -2.33. The molecule has 74 valence electrons. The summed E-state index contributed by atoms with van der Waals surface area (Å²) in [6.45, 7) is 2.02. The lowest BCUT2D eigenvalue weighted by molar-refractivity contribution is -0.127. The van der Waals surface area contributed by atoms with Crippen LogP contribution < -0.4 is 5.32 Å². The van der Waals surface area contributed by atoms with Crippen LogP contribution in [0.15, 0.2) is 24.3 Å². The fraction of sp³-hybridized carbons (Fsp3) is 0.455. The Morgan fingerprint density at radius 1 is 1.43 bits per heavy atom. The van der Waals surface area contributed by atoms with Crippen LogP contribution in [0.1, 0.15) is 19.8 Å². The van der Waals surface area contributed by atoms with Gasteiger partial charge in [0.25, 0.3) is 0 Å². The van der Waals surface area contributed by atoms with E-state index in [0.717, 1.165) is 12.8 Å². The third-order valence-electron chi connectivity index (χ3n) is 2.97. The van der Waals surface area contributed by atoms with Crippen molar-refractivity contribution in [3.05, 3.63) is 24.3 Å². The number of carbonyl (C=O) groups is 2. The Kier molecular flexibility index (Phi) is 2.02. The van der Waals surface area contributed by atoms with E-state index >= 15 is 0 Å². The summed E-state index contributed by atoms with van der Waals surface area (Å²) in [6.07, 6.45) is 8.99. The number of hydrogen-bond acceptors (Lipinski definition) is 2. The number of carbonyl (C=O) groups excluding carboxylic acids is 2. The van der Waals surface area contributed by atoms with Crippen molar-refractivity contribution in [1.29, 1.82) is 0 Å². The van der Waals surface area contributed by atoms with Crippen LogP contribution in [0, 0.1) is 11.3 Å².